The van der Waals surface area contributed by atoms with Crippen LogP contribution in [0.1, 0.15) is 26.2 Å². The van der Waals surface area contributed by atoms with Crippen LogP contribution in [0.4, 0.5) is 0 Å². The molecular formula is C18H31IN4O2S. The van der Waals surface area contributed by atoms with Crippen LogP contribution in [0.3, 0.4) is 0 Å². The van der Waals surface area contributed by atoms with Gasteiger partial charge in [0.1, 0.15) is 0 Å². The summed E-state index contributed by atoms with van der Waals surface area (Å²) in [5.41, 5.74) is 0. The fraction of sp³-hybridized carbons (Fsp3) is 0.611. The molecule has 6 nitrogen and oxygen atoms in total. The van der Waals surface area contributed by atoms with Gasteiger partial charge in [-0.3, -0.25) is 4.99 Å². The van der Waals surface area contributed by atoms with Crippen molar-refractivity contribution in [3.05, 3.63) is 30.3 Å². The van der Waals surface area contributed by atoms with Crippen LogP contribution in [-0.4, -0.2) is 64.3 Å². The number of benzene rings is 1. The van der Waals surface area contributed by atoms with Gasteiger partial charge in [0.05, 0.1) is 17.2 Å². The molecule has 0 unspecified atom stereocenters. The molecule has 0 bridgehead atoms. The highest BCUT2D eigenvalue weighted by molar-refractivity contribution is 14.0. The topological polar surface area (TPSA) is 73.8 Å². The second-order valence-corrected chi connectivity index (χ2v) is 8.33. The van der Waals surface area contributed by atoms with Crippen molar-refractivity contribution in [1.29, 1.82) is 0 Å². The van der Waals surface area contributed by atoms with Crippen molar-refractivity contribution in [3.63, 3.8) is 0 Å². The summed E-state index contributed by atoms with van der Waals surface area (Å²) in [5, 5.41) is 6.30. The van der Waals surface area contributed by atoms with Crippen molar-refractivity contribution in [2.24, 2.45) is 4.99 Å². The molecule has 0 saturated carbocycles. The number of nitrogens with one attached hydrogen (secondary N) is 2. The molecule has 0 aromatic heterocycles. The third kappa shape index (κ3) is 8.22. The Hall–Kier alpha value is -0.870. The Morgan fingerprint density at radius 2 is 1.81 bits per heavy atom. The summed E-state index contributed by atoms with van der Waals surface area (Å²) < 4.78 is 24.6. The van der Waals surface area contributed by atoms with E-state index in [-0.39, 0.29) is 29.7 Å². The summed E-state index contributed by atoms with van der Waals surface area (Å²) in [6.07, 6.45) is 3.89. The van der Waals surface area contributed by atoms with E-state index in [1.807, 2.05) is 13.0 Å². The molecule has 0 spiro atoms. The summed E-state index contributed by atoms with van der Waals surface area (Å²) in [6, 6.07) is 8.56. The van der Waals surface area contributed by atoms with Crippen molar-refractivity contribution >= 4 is 39.8 Å². The number of likely N-dealkylation sites (tertiary alicyclic amines) is 1. The minimum absolute atomic E-state index is 0. The largest absolute Gasteiger partial charge is 0.357 e. The second-order valence-electron chi connectivity index (χ2n) is 6.22. The Bertz CT molecular complexity index is 632. The first-order valence-corrected chi connectivity index (χ1v) is 10.8. The van der Waals surface area contributed by atoms with E-state index in [1.165, 1.54) is 19.3 Å². The standard InChI is InChI=1S/C18H30N4O2S.HI/c1-2-19-18(20-11-15-22-13-7-4-8-14-22)21-12-16-25(23,24)17-9-5-3-6-10-17;/h3,5-6,9-10H,2,4,7-8,11-16H2,1H3,(H2,19,20,21);1H. The Kier molecular flexibility index (Phi) is 11.1. The highest BCUT2D eigenvalue weighted by Gasteiger charge is 2.13. The molecule has 0 radical (unpaired) electrons. The summed E-state index contributed by atoms with van der Waals surface area (Å²) in [5.74, 6) is 0.732. The number of guanidine groups is 1. The van der Waals surface area contributed by atoms with E-state index in [0.29, 0.717) is 17.4 Å². The second kappa shape index (κ2) is 12.5. The number of rotatable bonds is 8. The Labute approximate surface area is 174 Å². The number of hydrogen-bond donors (Lipinski definition) is 2. The van der Waals surface area contributed by atoms with Crippen molar-refractivity contribution in [3.8, 4) is 0 Å². The van der Waals surface area contributed by atoms with E-state index in [1.54, 1.807) is 24.3 Å². The Balaban J connectivity index is 0.00000338. The van der Waals surface area contributed by atoms with Gasteiger partial charge < -0.3 is 15.5 Å². The average Bonchev–Trinajstić information content (AvgIpc) is 2.63. The maximum atomic E-state index is 12.3. The lowest BCUT2D eigenvalue weighted by molar-refractivity contribution is 0.235. The lowest BCUT2D eigenvalue weighted by atomic mass is 10.1. The molecule has 1 aromatic rings. The molecule has 1 saturated heterocycles. The SMILES string of the molecule is CCNC(=NCCN1CCCCC1)NCCS(=O)(=O)c1ccccc1.I. The van der Waals surface area contributed by atoms with E-state index in [9.17, 15) is 8.42 Å². The fourth-order valence-corrected chi connectivity index (χ4v) is 4.06. The zero-order valence-electron chi connectivity index (χ0n) is 15.5. The van der Waals surface area contributed by atoms with E-state index in [0.717, 1.165) is 32.7 Å². The maximum absolute atomic E-state index is 12.3. The van der Waals surface area contributed by atoms with Gasteiger partial charge in [0.2, 0.25) is 0 Å². The van der Waals surface area contributed by atoms with Gasteiger partial charge in [-0.15, -0.1) is 24.0 Å². The molecule has 2 N–H and O–H groups in total. The van der Waals surface area contributed by atoms with Crippen LogP contribution in [0.15, 0.2) is 40.2 Å². The molecule has 1 aromatic carbocycles. The number of sulfone groups is 1. The Morgan fingerprint density at radius 3 is 2.46 bits per heavy atom. The molecule has 0 amide bonds. The van der Waals surface area contributed by atoms with Crippen molar-refractivity contribution in [1.82, 2.24) is 15.5 Å². The number of halogens is 1. The fourth-order valence-electron chi connectivity index (χ4n) is 2.88. The van der Waals surface area contributed by atoms with Crippen LogP contribution in [0.5, 0.6) is 0 Å². The van der Waals surface area contributed by atoms with Gasteiger partial charge in [-0.25, -0.2) is 8.42 Å². The van der Waals surface area contributed by atoms with Gasteiger partial charge in [0.15, 0.2) is 15.8 Å². The van der Waals surface area contributed by atoms with Gasteiger partial charge in [-0.05, 0) is 45.0 Å². The first-order chi connectivity index (χ1) is 12.1. The van der Waals surface area contributed by atoms with Gasteiger partial charge in [0.25, 0.3) is 0 Å². The predicted molar refractivity (Wildman–Crippen MR) is 118 cm³/mol. The molecule has 1 aliphatic rings. The van der Waals surface area contributed by atoms with Crippen LogP contribution in [0.2, 0.25) is 0 Å². The van der Waals surface area contributed by atoms with Gasteiger partial charge in [0, 0.05) is 19.6 Å². The van der Waals surface area contributed by atoms with Crippen LogP contribution in [-0.2, 0) is 9.84 Å². The lowest BCUT2D eigenvalue weighted by Gasteiger charge is -2.25. The first kappa shape index (κ1) is 23.2. The summed E-state index contributed by atoms with van der Waals surface area (Å²) in [4.78, 5) is 7.36. The third-order valence-electron chi connectivity index (χ3n) is 4.24. The molecule has 0 aliphatic carbocycles. The van der Waals surface area contributed by atoms with Gasteiger partial charge >= 0.3 is 0 Å². The Morgan fingerprint density at radius 1 is 1.12 bits per heavy atom. The van der Waals surface area contributed by atoms with Crippen LogP contribution in [0.25, 0.3) is 0 Å². The normalized spacial score (nSPS) is 16.0. The highest BCUT2D eigenvalue weighted by atomic mass is 127. The quantitative estimate of drug-likeness (QED) is 0.329. The monoisotopic (exact) mass is 494 g/mol. The number of piperidine rings is 1. The van der Waals surface area contributed by atoms with Crippen molar-refractivity contribution in [2.75, 3.05) is 45.0 Å². The third-order valence-corrected chi connectivity index (χ3v) is 5.98. The molecule has 1 aliphatic heterocycles. The van der Waals surface area contributed by atoms with Gasteiger partial charge in [-0.1, -0.05) is 24.6 Å². The van der Waals surface area contributed by atoms with E-state index in [2.05, 4.69) is 20.5 Å². The summed E-state index contributed by atoms with van der Waals surface area (Å²) in [6.45, 7) is 7.10. The molecule has 0 atom stereocenters. The molecule has 1 heterocycles. The summed E-state index contributed by atoms with van der Waals surface area (Å²) >= 11 is 0. The summed E-state index contributed by atoms with van der Waals surface area (Å²) in [7, 11) is -3.26. The highest BCUT2D eigenvalue weighted by Crippen LogP contribution is 2.09. The molecule has 8 heteroatoms. The predicted octanol–water partition coefficient (Wildman–Crippen LogP) is 2.12. The van der Waals surface area contributed by atoms with E-state index in [4.69, 9.17) is 0 Å². The van der Waals surface area contributed by atoms with Gasteiger partial charge in [-0.2, -0.15) is 0 Å². The number of hydrogen-bond acceptors (Lipinski definition) is 4. The number of nitrogens with zero attached hydrogens (tertiary/aromatic N) is 2. The minimum atomic E-state index is -3.26. The average molecular weight is 494 g/mol. The molecule has 2 rings (SSSR count). The first-order valence-electron chi connectivity index (χ1n) is 9.14. The van der Waals surface area contributed by atoms with Crippen LogP contribution in [0, 0.1) is 0 Å². The maximum Gasteiger partial charge on any atom is 0.191 e. The molecule has 148 valence electrons. The molecular weight excluding hydrogens is 463 g/mol. The molecule has 1 fully saturated rings. The van der Waals surface area contributed by atoms with Crippen LogP contribution < -0.4 is 10.6 Å². The van der Waals surface area contributed by atoms with E-state index < -0.39 is 9.84 Å². The number of aliphatic imine (C=N–C) groups is 1. The van der Waals surface area contributed by atoms with Crippen LogP contribution >= 0.6 is 24.0 Å². The van der Waals surface area contributed by atoms with Crippen molar-refractivity contribution < 1.29 is 8.42 Å². The lowest BCUT2D eigenvalue weighted by Crippen LogP contribution is -2.40. The smallest absolute Gasteiger partial charge is 0.191 e. The molecule has 26 heavy (non-hydrogen) atoms. The van der Waals surface area contributed by atoms with Crippen molar-refractivity contribution in [2.45, 2.75) is 31.1 Å². The minimum Gasteiger partial charge on any atom is -0.357 e. The zero-order valence-corrected chi connectivity index (χ0v) is 18.6. The van der Waals surface area contributed by atoms with E-state index >= 15 is 0 Å². The zero-order chi connectivity index (χ0) is 18.0.